The lowest BCUT2D eigenvalue weighted by molar-refractivity contribution is -0.137. The van der Waals surface area contributed by atoms with Crippen LogP contribution in [-0.2, 0) is 16.0 Å². The number of nitrogens with one attached hydrogen (secondary N) is 1. The molecule has 1 heterocycles. The first kappa shape index (κ1) is 17.7. The predicted octanol–water partition coefficient (Wildman–Crippen LogP) is 3.80. The van der Waals surface area contributed by atoms with Gasteiger partial charge in [0, 0.05) is 32.3 Å². The maximum Gasteiger partial charge on any atom is 0.330 e. The molecule has 0 amide bonds. The minimum atomic E-state index is -0.323. The number of H-pyrrole nitrogens is 1. The molecule has 3 aromatic rings. The van der Waals surface area contributed by atoms with E-state index in [0.29, 0.717) is 6.61 Å². The maximum atomic E-state index is 11.4. The van der Waals surface area contributed by atoms with Gasteiger partial charge < -0.3 is 14.6 Å². The Balaban J connectivity index is 1.71. The van der Waals surface area contributed by atoms with E-state index < -0.39 is 0 Å². The smallest absolute Gasteiger partial charge is 0.330 e. The fourth-order valence-electron chi connectivity index (χ4n) is 2.71. The Morgan fingerprint density at radius 3 is 2.65 bits per heavy atom. The number of rotatable bonds is 6. The van der Waals surface area contributed by atoms with Crippen LogP contribution in [0.1, 0.15) is 23.9 Å². The number of carbonyl (C=O) groups excluding carboxylic acids is 1. The zero-order valence-corrected chi connectivity index (χ0v) is 15.3. The summed E-state index contributed by atoms with van der Waals surface area (Å²) >= 11 is 0. The summed E-state index contributed by atoms with van der Waals surface area (Å²) in [5, 5.41) is 0. The number of esters is 1. The summed E-state index contributed by atoms with van der Waals surface area (Å²) in [4.78, 5) is 21.5. The van der Waals surface area contributed by atoms with Crippen LogP contribution in [0.5, 0.6) is 0 Å². The minimum Gasteiger partial charge on any atom is -0.463 e. The van der Waals surface area contributed by atoms with Crippen molar-refractivity contribution in [2.45, 2.75) is 13.3 Å². The van der Waals surface area contributed by atoms with Crippen molar-refractivity contribution < 1.29 is 9.53 Å². The Morgan fingerprint density at radius 1 is 1.19 bits per heavy atom. The number of hydrogen-bond acceptors (Lipinski definition) is 4. The van der Waals surface area contributed by atoms with Crippen molar-refractivity contribution in [3.05, 3.63) is 65.5 Å². The van der Waals surface area contributed by atoms with Crippen LogP contribution in [0.3, 0.4) is 0 Å². The predicted molar refractivity (Wildman–Crippen MR) is 105 cm³/mol. The molecule has 0 saturated heterocycles. The number of nitrogens with zero attached hydrogens (tertiary/aromatic N) is 2. The van der Waals surface area contributed by atoms with Crippen LogP contribution >= 0.6 is 0 Å². The maximum absolute atomic E-state index is 11.4. The van der Waals surface area contributed by atoms with Gasteiger partial charge in [0.05, 0.1) is 17.6 Å². The number of benzene rings is 2. The van der Waals surface area contributed by atoms with Gasteiger partial charge in [-0.15, -0.1) is 0 Å². The summed E-state index contributed by atoms with van der Waals surface area (Å²) < 4.78 is 4.88. The van der Waals surface area contributed by atoms with Gasteiger partial charge in [0.2, 0.25) is 0 Å². The Kier molecular flexibility index (Phi) is 5.37. The fraction of sp³-hybridized carbons (Fsp3) is 0.238. The minimum absolute atomic E-state index is 0.323. The van der Waals surface area contributed by atoms with E-state index in [1.807, 2.05) is 44.4 Å². The molecule has 2 aromatic carbocycles. The molecule has 5 heteroatoms. The third-order valence-corrected chi connectivity index (χ3v) is 4.08. The molecule has 0 spiro atoms. The molecule has 0 unspecified atom stereocenters. The van der Waals surface area contributed by atoms with Crippen LogP contribution in [-0.4, -0.2) is 36.6 Å². The number of fused-ring (bicyclic) bond motifs is 1. The quantitative estimate of drug-likeness (QED) is 0.543. The lowest BCUT2D eigenvalue weighted by Gasteiger charge is -2.11. The van der Waals surface area contributed by atoms with E-state index in [9.17, 15) is 4.79 Å². The van der Waals surface area contributed by atoms with Crippen molar-refractivity contribution in [1.82, 2.24) is 9.97 Å². The van der Waals surface area contributed by atoms with Gasteiger partial charge in [0.15, 0.2) is 0 Å². The van der Waals surface area contributed by atoms with Gasteiger partial charge in [-0.25, -0.2) is 9.78 Å². The number of ether oxygens (including phenoxy) is 1. The number of anilines is 1. The van der Waals surface area contributed by atoms with E-state index in [1.165, 1.54) is 6.08 Å². The zero-order chi connectivity index (χ0) is 18.5. The highest BCUT2D eigenvalue weighted by atomic mass is 16.5. The Morgan fingerprint density at radius 2 is 1.96 bits per heavy atom. The van der Waals surface area contributed by atoms with Crippen LogP contribution in [0, 0.1) is 0 Å². The first-order valence-corrected chi connectivity index (χ1v) is 8.65. The number of carbonyl (C=O) groups is 1. The van der Waals surface area contributed by atoms with Gasteiger partial charge >= 0.3 is 5.97 Å². The lowest BCUT2D eigenvalue weighted by atomic mass is 10.1. The highest BCUT2D eigenvalue weighted by Crippen LogP contribution is 2.20. The molecule has 0 radical (unpaired) electrons. The monoisotopic (exact) mass is 349 g/mol. The van der Waals surface area contributed by atoms with Gasteiger partial charge in [0.25, 0.3) is 0 Å². The zero-order valence-electron chi connectivity index (χ0n) is 15.3. The Bertz CT molecular complexity index is 924. The molecular weight excluding hydrogens is 326 g/mol. The summed E-state index contributed by atoms with van der Waals surface area (Å²) in [6.07, 6.45) is 3.93. The SMILES string of the molecule is CCOC(=O)/C=C/c1ccc(Cc2nc3ccc(N(C)C)cc3[nH]2)cc1. The normalized spacial score (nSPS) is 11.2. The molecule has 1 N–H and O–H groups in total. The van der Waals surface area contributed by atoms with Crippen LogP contribution in [0.15, 0.2) is 48.5 Å². The molecule has 5 nitrogen and oxygen atoms in total. The van der Waals surface area contributed by atoms with E-state index in [0.717, 1.165) is 40.1 Å². The van der Waals surface area contributed by atoms with Gasteiger partial charge in [0.1, 0.15) is 5.82 Å². The molecule has 0 aliphatic heterocycles. The second kappa shape index (κ2) is 7.87. The van der Waals surface area contributed by atoms with Crippen LogP contribution in [0.2, 0.25) is 0 Å². The second-order valence-corrected chi connectivity index (χ2v) is 6.28. The van der Waals surface area contributed by atoms with E-state index in [1.54, 1.807) is 13.0 Å². The van der Waals surface area contributed by atoms with Crippen molar-refractivity contribution >= 4 is 28.8 Å². The molecule has 134 valence electrons. The van der Waals surface area contributed by atoms with Crippen LogP contribution < -0.4 is 4.90 Å². The average Bonchev–Trinajstić information content (AvgIpc) is 3.02. The number of aromatic amines is 1. The highest BCUT2D eigenvalue weighted by molar-refractivity contribution is 5.87. The van der Waals surface area contributed by atoms with Gasteiger partial charge in [-0.05, 0) is 42.3 Å². The molecular formula is C21H23N3O2. The summed E-state index contributed by atoms with van der Waals surface area (Å²) in [6, 6.07) is 14.3. The topological polar surface area (TPSA) is 58.2 Å². The summed E-state index contributed by atoms with van der Waals surface area (Å²) in [5.74, 6) is 0.613. The van der Waals surface area contributed by atoms with Crippen LogP contribution in [0.25, 0.3) is 17.1 Å². The van der Waals surface area contributed by atoms with E-state index in [2.05, 4.69) is 27.0 Å². The Hall–Kier alpha value is -3.08. The number of imidazole rings is 1. The first-order valence-electron chi connectivity index (χ1n) is 8.65. The summed E-state index contributed by atoms with van der Waals surface area (Å²) in [6.45, 7) is 2.18. The Labute approximate surface area is 153 Å². The molecule has 26 heavy (non-hydrogen) atoms. The molecule has 0 aliphatic carbocycles. The second-order valence-electron chi connectivity index (χ2n) is 6.28. The van der Waals surface area contributed by atoms with Crippen molar-refractivity contribution in [1.29, 1.82) is 0 Å². The van der Waals surface area contributed by atoms with E-state index >= 15 is 0 Å². The molecule has 1 aromatic heterocycles. The first-order chi connectivity index (χ1) is 12.5. The van der Waals surface area contributed by atoms with Gasteiger partial charge in [-0.1, -0.05) is 24.3 Å². The number of hydrogen-bond donors (Lipinski definition) is 1. The average molecular weight is 349 g/mol. The number of aromatic nitrogens is 2. The van der Waals surface area contributed by atoms with Crippen molar-refractivity contribution in [2.75, 3.05) is 25.6 Å². The standard InChI is InChI=1S/C21H23N3O2/c1-4-26-21(25)12-9-15-5-7-16(8-6-15)13-20-22-18-11-10-17(24(2)3)14-19(18)23-20/h5-12,14H,4,13H2,1-3H3,(H,22,23)/b12-9+. The van der Waals surface area contributed by atoms with Crippen molar-refractivity contribution in [3.63, 3.8) is 0 Å². The molecule has 0 fully saturated rings. The summed E-state index contributed by atoms with van der Waals surface area (Å²) in [7, 11) is 4.05. The van der Waals surface area contributed by atoms with Gasteiger partial charge in [-0.3, -0.25) is 0 Å². The largest absolute Gasteiger partial charge is 0.463 e. The van der Waals surface area contributed by atoms with Crippen LogP contribution in [0.4, 0.5) is 5.69 Å². The molecule has 0 bridgehead atoms. The van der Waals surface area contributed by atoms with Gasteiger partial charge in [-0.2, -0.15) is 0 Å². The third-order valence-electron chi connectivity index (χ3n) is 4.08. The van der Waals surface area contributed by atoms with Crippen molar-refractivity contribution in [3.8, 4) is 0 Å². The fourth-order valence-corrected chi connectivity index (χ4v) is 2.71. The van der Waals surface area contributed by atoms with E-state index in [-0.39, 0.29) is 5.97 Å². The third kappa shape index (κ3) is 4.30. The molecule has 0 saturated carbocycles. The highest BCUT2D eigenvalue weighted by Gasteiger charge is 2.06. The van der Waals surface area contributed by atoms with E-state index in [4.69, 9.17) is 4.74 Å². The molecule has 3 rings (SSSR count). The molecule has 0 atom stereocenters. The van der Waals surface area contributed by atoms with Crippen molar-refractivity contribution in [2.24, 2.45) is 0 Å². The summed E-state index contributed by atoms with van der Waals surface area (Å²) in [5.41, 5.74) is 5.28. The lowest BCUT2D eigenvalue weighted by Crippen LogP contribution is -2.07. The molecule has 0 aliphatic rings.